The highest BCUT2D eigenvalue weighted by Gasteiger charge is 2.15. The van der Waals surface area contributed by atoms with E-state index in [1.54, 1.807) is 13.2 Å². The van der Waals surface area contributed by atoms with E-state index in [0.717, 1.165) is 11.3 Å². The summed E-state index contributed by atoms with van der Waals surface area (Å²) >= 11 is 11.8. The smallest absolute Gasteiger partial charge is 0.322 e. The second-order valence-corrected chi connectivity index (χ2v) is 5.95. The molecule has 2 aromatic carbocycles. The Balaban J connectivity index is 1.67. The standard InChI is InChI=1S/C17H13Cl2N3O3/c1-24-12-5-2-10(3-6-12)8-15-21-22-17(25-15)20-16(23)13-7-4-11(18)9-14(13)19/h2-7,9H,8H2,1H3,(H,20,22,23). The molecule has 0 aliphatic carbocycles. The van der Waals surface area contributed by atoms with Crippen molar-refractivity contribution in [3.05, 3.63) is 69.5 Å². The Hall–Kier alpha value is -2.57. The van der Waals surface area contributed by atoms with Crippen LogP contribution >= 0.6 is 23.2 Å². The molecular formula is C17H13Cl2N3O3. The third kappa shape index (κ3) is 4.29. The molecule has 3 rings (SSSR count). The molecule has 0 atom stereocenters. The van der Waals surface area contributed by atoms with E-state index in [9.17, 15) is 4.79 Å². The Bertz CT molecular complexity index is 894. The predicted octanol–water partition coefficient (Wildman–Crippen LogP) is 4.23. The highest BCUT2D eigenvalue weighted by molar-refractivity contribution is 6.37. The van der Waals surface area contributed by atoms with Crippen LogP contribution in [-0.4, -0.2) is 23.2 Å². The molecule has 0 radical (unpaired) electrons. The van der Waals surface area contributed by atoms with E-state index < -0.39 is 5.91 Å². The van der Waals surface area contributed by atoms with Crippen molar-refractivity contribution in [2.45, 2.75) is 6.42 Å². The minimum atomic E-state index is -0.457. The summed E-state index contributed by atoms with van der Waals surface area (Å²) in [5.41, 5.74) is 1.24. The van der Waals surface area contributed by atoms with Crippen LogP contribution in [-0.2, 0) is 6.42 Å². The molecule has 0 saturated heterocycles. The normalized spacial score (nSPS) is 10.5. The first-order valence-corrected chi connectivity index (χ1v) is 8.02. The second kappa shape index (κ2) is 7.55. The number of halogens is 2. The van der Waals surface area contributed by atoms with E-state index in [1.165, 1.54) is 12.1 Å². The van der Waals surface area contributed by atoms with Crippen molar-refractivity contribution < 1.29 is 13.9 Å². The Morgan fingerprint density at radius 1 is 1.16 bits per heavy atom. The number of nitrogens with one attached hydrogen (secondary N) is 1. The molecule has 0 saturated carbocycles. The van der Waals surface area contributed by atoms with Crippen molar-refractivity contribution in [2.24, 2.45) is 0 Å². The maximum absolute atomic E-state index is 12.2. The lowest BCUT2D eigenvalue weighted by atomic mass is 10.1. The van der Waals surface area contributed by atoms with Gasteiger partial charge in [0.25, 0.3) is 5.91 Å². The fraction of sp³-hybridized carbons (Fsp3) is 0.118. The number of amides is 1. The van der Waals surface area contributed by atoms with Crippen molar-refractivity contribution in [1.82, 2.24) is 10.2 Å². The quantitative estimate of drug-likeness (QED) is 0.719. The van der Waals surface area contributed by atoms with Gasteiger partial charge in [0, 0.05) is 5.02 Å². The zero-order chi connectivity index (χ0) is 17.8. The Morgan fingerprint density at radius 2 is 1.92 bits per heavy atom. The number of ether oxygens (including phenoxy) is 1. The number of methoxy groups -OCH3 is 1. The minimum absolute atomic E-state index is 0.000437. The molecule has 0 fully saturated rings. The molecule has 1 aromatic heterocycles. The molecule has 128 valence electrons. The van der Waals surface area contributed by atoms with Crippen LogP contribution in [0.4, 0.5) is 6.01 Å². The summed E-state index contributed by atoms with van der Waals surface area (Å²) in [6.45, 7) is 0. The minimum Gasteiger partial charge on any atom is -0.497 e. The lowest BCUT2D eigenvalue weighted by Crippen LogP contribution is -2.12. The van der Waals surface area contributed by atoms with Crippen molar-refractivity contribution in [3.63, 3.8) is 0 Å². The van der Waals surface area contributed by atoms with Crippen LogP contribution in [0.25, 0.3) is 0 Å². The first-order chi connectivity index (χ1) is 12.0. The molecule has 1 heterocycles. The maximum Gasteiger partial charge on any atom is 0.322 e. The topological polar surface area (TPSA) is 77.3 Å². The molecule has 6 nitrogen and oxygen atoms in total. The van der Waals surface area contributed by atoms with Gasteiger partial charge in [-0.2, -0.15) is 0 Å². The van der Waals surface area contributed by atoms with Crippen LogP contribution in [0.5, 0.6) is 5.75 Å². The zero-order valence-electron chi connectivity index (χ0n) is 13.1. The van der Waals surface area contributed by atoms with Gasteiger partial charge in [-0.15, -0.1) is 5.10 Å². The molecule has 0 aliphatic heterocycles. The van der Waals surface area contributed by atoms with E-state index in [4.69, 9.17) is 32.4 Å². The van der Waals surface area contributed by atoms with Crippen LogP contribution in [0.15, 0.2) is 46.9 Å². The summed E-state index contributed by atoms with van der Waals surface area (Å²) in [6, 6.07) is 12.1. The van der Waals surface area contributed by atoms with Gasteiger partial charge in [0.2, 0.25) is 5.89 Å². The Morgan fingerprint density at radius 3 is 2.60 bits per heavy atom. The lowest BCUT2D eigenvalue weighted by molar-refractivity contribution is 0.102. The lowest BCUT2D eigenvalue weighted by Gasteiger charge is -2.03. The van der Waals surface area contributed by atoms with Gasteiger partial charge in [0.05, 0.1) is 24.1 Å². The number of benzene rings is 2. The van der Waals surface area contributed by atoms with Gasteiger partial charge in [-0.25, -0.2) is 0 Å². The largest absolute Gasteiger partial charge is 0.497 e. The van der Waals surface area contributed by atoms with Gasteiger partial charge in [-0.1, -0.05) is 40.4 Å². The fourth-order valence-corrected chi connectivity index (χ4v) is 2.63. The number of carbonyl (C=O) groups excluding carboxylic acids is 1. The van der Waals surface area contributed by atoms with Gasteiger partial charge < -0.3 is 9.15 Å². The number of hydrogen-bond donors (Lipinski definition) is 1. The number of anilines is 1. The molecule has 0 spiro atoms. The first-order valence-electron chi connectivity index (χ1n) is 7.27. The summed E-state index contributed by atoms with van der Waals surface area (Å²) in [6.07, 6.45) is 0.439. The van der Waals surface area contributed by atoms with Crippen molar-refractivity contribution in [3.8, 4) is 5.75 Å². The molecular weight excluding hydrogens is 365 g/mol. The molecule has 25 heavy (non-hydrogen) atoms. The number of hydrogen-bond acceptors (Lipinski definition) is 5. The summed E-state index contributed by atoms with van der Waals surface area (Å²) < 4.78 is 10.6. The predicted molar refractivity (Wildman–Crippen MR) is 94.5 cm³/mol. The molecule has 8 heteroatoms. The fourth-order valence-electron chi connectivity index (χ4n) is 2.13. The third-order valence-electron chi connectivity index (χ3n) is 3.38. The molecule has 0 aliphatic rings. The highest BCUT2D eigenvalue weighted by atomic mass is 35.5. The van der Waals surface area contributed by atoms with Crippen molar-refractivity contribution in [2.75, 3.05) is 12.4 Å². The molecule has 1 amide bonds. The maximum atomic E-state index is 12.2. The van der Waals surface area contributed by atoms with Crippen LogP contribution in [0.1, 0.15) is 21.8 Å². The number of carbonyl (C=O) groups is 1. The summed E-state index contributed by atoms with van der Waals surface area (Å²) in [7, 11) is 1.61. The van der Waals surface area contributed by atoms with Gasteiger partial charge in [-0.05, 0) is 35.9 Å². The Kier molecular flexibility index (Phi) is 5.21. The van der Waals surface area contributed by atoms with Gasteiger partial charge in [0.15, 0.2) is 0 Å². The molecule has 0 bridgehead atoms. The monoisotopic (exact) mass is 377 g/mol. The highest BCUT2D eigenvalue weighted by Crippen LogP contribution is 2.22. The van der Waals surface area contributed by atoms with Gasteiger partial charge in [0.1, 0.15) is 5.75 Å². The van der Waals surface area contributed by atoms with Crippen LogP contribution in [0.2, 0.25) is 10.0 Å². The number of rotatable bonds is 5. The Labute approximate surface area is 153 Å². The van der Waals surface area contributed by atoms with Gasteiger partial charge in [-0.3, -0.25) is 10.1 Å². The van der Waals surface area contributed by atoms with E-state index in [-0.39, 0.29) is 16.6 Å². The first kappa shape index (κ1) is 17.3. The average molecular weight is 378 g/mol. The SMILES string of the molecule is COc1ccc(Cc2nnc(NC(=O)c3ccc(Cl)cc3Cl)o2)cc1. The third-order valence-corrected chi connectivity index (χ3v) is 3.93. The summed E-state index contributed by atoms with van der Waals surface area (Å²) in [5.74, 6) is 0.686. The summed E-state index contributed by atoms with van der Waals surface area (Å²) in [5, 5.41) is 10.9. The van der Waals surface area contributed by atoms with Crippen LogP contribution in [0, 0.1) is 0 Å². The second-order valence-electron chi connectivity index (χ2n) is 5.10. The van der Waals surface area contributed by atoms with E-state index in [1.807, 2.05) is 24.3 Å². The molecule has 1 N–H and O–H groups in total. The van der Waals surface area contributed by atoms with Crippen LogP contribution < -0.4 is 10.1 Å². The number of aromatic nitrogens is 2. The van der Waals surface area contributed by atoms with E-state index in [2.05, 4.69) is 15.5 Å². The van der Waals surface area contributed by atoms with Crippen molar-refractivity contribution >= 4 is 35.1 Å². The number of nitrogens with zero attached hydrogens (tertiary/aromatic N) is 2. The van der Waals surface area contributed by atoms with Crippen molar-refractivity contribution in [1.29, 1.82) is 0 Å². The van der Waals surface area contributed by atoms with E-state index >= 15 is 0 Å². The van der Waals surface area contributed by atoms with Crippen LogP contribution in [0.3, 0.4) is 0 Å². The van der Waals surface area contributed by atoms with E-state index in [0.29, 0.717) is 17.3 Å². The zero-order valence-corrected chi connectivity index (χ0v) is 14.6. The molecule has 0 unspecified atom stereocenters. The average Bonchev–Trinajstić information content (AvgIpc) is 3.02. The van der Waals surface area contributed by atoms with Gasteiger partial charge >= 0.3 is 6.01 Å². The summed E-state index contributed by atoms with van der Waals surface area (Å²) in [4.78, 5) is 12.2. The molecule has 3 aromatic rings.